The Morgan fingerprint density at radius 1 is 1.00 bits per heavy atom. The summed E-state index contributed by atoms with van der Waals surface area (Å²) in [7, 11) is -3.22. The normalized spacial score (nSPS) is 19.7. The molecule has 0 bridgehead atoms. The third kappa shape index (κ3) is 7.63. The van der Waals surface area contributed by atoms with Gasteiger partial charge in [0.25, 0.3) is 0 Å². The van der Waals surface area contributed by atoms with Crippen molar-refractivity contribution in [1.82, 2.24) is 5.32 Å². The molecule has 1 aliphatic rings. The predicted octanol–water partition coefficient (Wildman–Crippen LogP) is 4.76. The summed E-state index contributed by atoms with van der Waals surface area (Å²) in [4.78, 5) is 25.6. The lowest BCUT2D eigenvalue weighted by atomic mass is 9.89. The lowest BCUT2D eigenvalue weighted by Crippen LogP contribution is -2.51. The molecule has 1 aliphatic heterocycles. The van der Waals surface area contributed by atoms with Crippen LogP contribution in [0.1, 0.15) is 43.7 Å². The summed E-state index contributed by atoms with van der Waals surface area (Å²) in [5, 5.41) is 3.24. The van der Waals surface area contributed by atoms with Crippen LogP contribution < -0.4 is 5.32 Å². The largest absolute Gasteiger partial charge is 0.391 e. The summed E-state index contributed by atoms with van der Waals surface area (Å²) in [6.07, 6.45) is 4.19. The fourth-order valence-electron chi connectivity index (χ4n) is 4.33. The highest BCUT2D eigenvalue weighted by molar-refractivity contribution is 7.59. The minimum Gasteiger partial charge on any atom is -0.391 e. The second-order valence-electron chi connectivity index (χ2n) is 8.59. The van der Waals surface area contributed by atoms with E-state index in [4.69, 9.17) is 9.26 Å². The summed E-state index contributed by atoms with van der Waals surface area (Å²) in [5.74, 6) is -1.37. The average Bonchev–Trinajstić information content (AvgIpc) is 3.28. The van der Waals surface area contributed by atoms with Gasteiger partial charge in [0.15, 0.2) is 0 Å². The highest BCUT2D eigenvalue weighted by Gasteiger charge is 2.44. The van der Waals surface area contributed by atoms with E-state index in [0.29, 0.717) is 32.0 Å². The Balaban J connectivity index is 1.55. The van der Waals surface area contributed by atoms with Gasteiger partial charge in [-0.3, -0.25) is 9.36 Å². The van der Waals surface area contributed by atoms with E-state index in [1.807, 2.05) is 48.5 Å². The molecule has 7 heteroatoms. The average molecular weight is 472 g/mol. The van der Waals surface area contributed by atoms with Crippen molar-refractivity contribution in [3.05, 3.63) is 71.8 Å². The van der Waals surface area contributed by atoms with Gasteiger partial charge in [-0.1, -0.05) is 60.7 Å². The minimum atomic E-state index is -3.22. The summed E-state index contributed by atoms with van der Waals surface area (Å²) in [6.45, 7) is 2.69. The Morgan fingerprint density at radius 3 is 2.27 bits per heavy atom. The third-order valence-corrected chi connectivity index (χ3v) is 8.45. The maximum Gasteiger partial charge on any atom is 0.334 e. The molecule has 3 rings (SSSR count). The highest BCUT2D eigenvalue weighted by Crippen LogP contribution is 2.47. The molecule has 1 unspecified atom stereocenters. The zero-order valence-corrected chi connectivity index (χ0v) is 20.2. The van der Waals surface area contributed by atoms with Crippen molar-refractivity contribution in [2.24, 2.45) is 0 Å². The SMILES string of the molecule is CCOP(=O)(CCCCc1ccccc1)CC(=O)OC(=O)[C@]1(Cc2ccccc2)CCCN1. The summed E-state index contributed by atoms with van der Waals surface area (Å²) < 4.78 is 24.0. The van der Waals surface area contributed by atoms with Crippen molar-refractivity contribution in [3.63, 3.8) is 0 Å². The Hall–Kier alpha value is -2.27. The lowest BCUT2D eigenvalue weighted by molar-refractivity contribution is -0.162. The molecule has 33 heavy (non-hydrogen) atoms. The zero-order chi connectivity index (χ0) is 23.6. The van der Waals surface area contributed by atoms with Gasteiger partial charge in [0.05, 0.1) is 6.61 Å². The number of nitrogens with one attached hydrogen (secondary N) is 1. The first-order valence-corrected chi connectivity index (χ1v) is 13.7. The van der Waals surface area contributed by atoms with Crippen LogP contribution >= 0.6 is 7.37 Å². The molecular weight excluding hydrogens is 437 g/mol. The van der Waals surface area contributed by atoms with Crippen molar-refractivity contribution in [2.45, 2.75) is 51.0 Å². The smallest absolute Gasteiger partial charge is 0.334 e. The Labute approximate surface area is 196 Å². The van der Waals surface area contributed by atoms with Gasteiger partial charge in [-0.05, 0) is 56.7 Å². The Morgan fingerprint density at radius 2 is 1.67 bits per heavy atom. The molecule has 1 fully saturated rings. The van der Waals surface area contributed by atoms with E-state index < -0.39 is 24.8 Å². The number of hydrogen-bond acceptors (Lipinski definition) is 6. The van der Waals surface area contributed by atoms with Crippen molar-refractivity contribution in [1.29, 1.82) is 0 Å². The fourth-order valence-corrected chi connectivity index (χ4v) is 6.34. The summed E-state index contributed by atoms with van der Waals surface area (Å²) >= 11 is 0. The molecular formula is C26H34NO5P. The maximum atomic E-state index is 13.3. The molecule has 0 spiro atoms. The van der Waals surface area contributed by atoms with Crippen LogP contribution in [0.15, 0.2) is 60.7 Å². The number of benzene rings is 2. The van der Waals surface area contributed by atoms with Crippen molar-refractivity contribution >= 4 is 19.3 Å². The number of carbonyl (C=O) groups excluding carboxylic acids is 2. The van der Waals surface area contributed by atoms with Gasteiger partial charge in [0, 0.05) is 12.6 Å². The molecule has 6 nitrogen and oxygen atoms in total. The van der Waals surface area contributed by atoms with Crippen LogP contribution in [0.5, 0.6) is 0 Å². The van der Waals surface area contributed by atoms with Crippen LogP contribution in [0.4, 0.5) is 0 Å². The van der Waals surface area contributed by atoms with Crippen LogP contribution in [-0.2, 0) is 36.3 Å². The molecule has 0 amide bonds. The molecule has 0 aliphatic carbocycles. The number of ether oxygens (including phenoxy) is 1. The number of aryl methyl sites for hydroxylation is 1. The van der Waals surface area contributed by atoms with E-state index in [-0.39, 0.29) is 12.8 Å². The van der Waals surface area contributed by atoms with Gasteiger partial charge >= 0.3 is 11.9 Å². The first-order chi connectivity index (χ1) is 15.9. The van der Waals surface area contributed by atoms with Crippen LogP contribution in [-0.4, -0.2) is 43.0 Å². The van der Waals surface area contributed by atoms with Crippen molar-refractivity contribution in [3.8, 4) is 0 Å². The molecule has 0 radical (unpaired) electrons. The van der Waals surface area contributed by atoms with Gasteiger partial charge < -0.3 is 14.6 Å². The van der Waals surface area contributed by atoms with E-state index in [9.17, 15) is 14.2 Å². The molecule has 1 saturated heterocycles. The standard InChI is InChI=1S/C26H34NO5P/c1-2-31-33(30,19-10-9-14-22-12-5-3-6-13-22)21-24(28)32-25(29)26(17-11-18-27-26)20-23-15-7-4-8-16-23/h3-8,12-13,15-16,27H,2,9-11,14,17-21H2,1H3/t26-,33?/m1/s1. The maximum absolute atomic E-state index is 13.3. The quantitative estimate of drug-likeness (QED) is 0.208. The monoisotopic (exact) mass is 471 g/mol. The van der Waals surface area contributed by atoms with Crippen LogP contribution in [0.2, 0.25) is 0 Å². The van der Waals surface area contributed by atoms with Crippen molar-refractivity contribution < 1.29 is 23.4 Å². The molecule has 0 aromatic heterocycles. The van der Waals surface area contributed by atoms with E-state index in [1.54, 1.807) is 6.92 Å². The van der Waals surface area contributed by atoms with E-state index in [1.165, 1.54) is 5.56 Å². The number of carbonyl (C=O) groups is 2. The number of rotatable bonds is 12. The van der Waals surface area contributed by atoms with E-state index >= 15 is 0 Å². The third-order valence-electron chi connectivity index (χ3n) is 5.98. The molecule has 178 valence electrons. The van der Waals surface area contributed by atoms with Gasteiger partial charge in [0.1, 0.15) is 11.7 Å². The van der Waals surface area contributed by atoms with E-state index in [0.717, 1.165) is 24.8 Å². The zero-order valence-electron chi connectivity index (χ0n) is 19.3. The fraction of sp³-hybridized carbons (Fsp3) is 0.462. The topological polar surface area (TPSA) is 81.7 Å². The van der Waals surface area contributed by atoms with Gasteiger partial charge in [0.2, 0.25) is 7.37 Å². The van der Waals surface area contributed by atoms with Gasteiger partial charge in [-0.2, -0.15) is 0 Å². The first kappa shape index (κ1) is 25.4. The Kier molecular flexibility index (Phi) is 9.42. The summed E-state index contributed by atoms with van der Waals surface area (Å²) in [6, 6.07) is 19.8. The van der Waals surface area contributed by atoms with Gasteiger partial charge in [-0.15, -0.1) is 0 Å². The second kappa shape index (κ2) is 12.3. The molecule has 2 aromatic carbocycles. The molecule has 2 atom stereocenters. The molecule has 2 aromatic rings. The molecule has 1 heterocycles. The highest BCUT2D eigenvalue weighted by atomic mass is 31.2. The first-order valence-electron chi connectivity index (χ1n) is 11.8. The number of unbranched alkanes of at least 4 members (excludes halogenated alkanes) is 1. The van der Waals surface area contributed by atoms with Crippen LogP contribution in [0.3, 0.4) is 0 Å². The summed E-state index contributed by atoms with van der Waals surface area (Å²) in [5.41, 5.74) is 1.29. The lowest BCUT2D eigenvalue weighted by Gasteiger charge is -2.27. The number of esters is 2. The van der Waals surface area contributed by atoms with Crippen LogP contribution in [0, 0.1) is 0 Å². The minimum absolute atomic E-state index is 0.247. The second-order valence-corrected chi connectivity index (χ2v) is 11.2. The molecule has 1 N–H and O–H groups in total. The van der Waals surface area contributed by atoms with E-state index in [2.05, 4.69) is 17.4 Å². The van der Waals surface area contributed by atoms with Crippen LogP contribution in [0.25, 0.3) is 0 Å². The molecule has 0 saturated carbocycles. The number of hydrogen-bond donors (Lipinski definition) is 1. The Bertz CT molecular complexity index is 942. The predicted molar refractivity (Wildman–Crippen MR) is 130 cm³/mol. The van der Waals surface area contributed by atoms with Gasteiger partial charge in [-0.25, -0.2) is 4.79 Å². The van der Waals surface area contributed by atoms with Crippen molar-refractivity contribution in [2.75, 3.05) is 25.5 Å².